The van der Waals surface area contributed by atoms with Gasteiger partial charge in [0.2, 0.25) is 0 Å². The van der Waals surface area contributed by atoms with E-state index in [1.807, 2.05) is 0 Å². The minimum atomic E-state index is -0.0271. The van der Waals surface area contributed by atoms with Gasteiger partial charge in [-0.1, -0.05) is 12.1 Å². The van der Waals surface area contributed by atoms with E-state index in [9.17, 15) is 4.79 Å². The van der Waals surface area contributed by atoms with E-state index in [4.69, 9.17) is 10.3 Å². The molecule has 0 radical (unpaired) electrons. The second-order valence-electron chi connectivity index (χ2n) is 4.61. The first kappa shape index (κ1) is 11.1. The molecule has 5 heteroatoms. The summed E-state index contributed by atoms with van der Waals surface area (Å²) in [5.41, 5.74) is 6.45. The highest BCUT2D eigenvalue weighted by Gasteiger charge is 2.28. The summed E-state index contributed by atoms with van der Waals surface area (Å²) in [6.07, 6.45) is 2.45. The fourth-order valence-electron chi connectivity index (χ4n) is 2.24. The maximum absolute atomic E-state index is 12.1. The molecule has 0 spiro atoms. The number of nitrogens with two attached hydrogens (primary N) is 1. The summed E-state index contributed by atoms with van der Waals surface area (Å²) in [4.78, 5) is 13.9. The van der Waals surface area contributed by atoms with Gasteiger partial charge < -0.3 is 15.2 Å². The Balaban J connectivity index is 2.13. The number of carbonyl (C=O) groups is 1. The Morgan fingerprint density at radius 2 is 2.38 bits per heavy atom. The minimum Gasteiger partial charge on any atom is -0.361 e. The summed E-state index contributed by atoms with van der Waals surface area (Å²) in [5, 5.41) is 3.62. The molecule has 0 bridgehead atoms. The third-order valence-corrected chi connectivity index (χ3v) is 2.96. The lowest BCUT2D eigenvalue weighted by Crippen LogP contribution is -2.48. The van der Waals surface area contributed by atoms with Crippen LogP contribution in [-0.2, 0) is 0 Å². The van der Waals surface area contributed by atoms with Crippen LogP contribution in [0.1, 0.15) is 29.5 Å². The van der Waals surface area contributed by atoms with E-state index in [2.05, 4.69) is 12.1 Å². The molecular weight excluding hydrogens is 206 g/mol. The lowest BCUT2D eigenvalue weighted by atomic mass is 9.96. The van der Waals surface area contributed by atoms with Crippen molar-refractivity contribution in [1.82, 2.24) is 10.1 Å². The minimum absolute atomic E-state index is 0.0271. The van der Waals surface area contributed by atoms with Gasteiger partial charge >= 0.3 is 0 Å². The Bertz CT molecular complexity index is 378. The van der Waals surface area contributed by atoms with Crippen LogP contribution in [0.3, 0.4) is 0 Å². The van der Waals surface area contributed by atoms with Crippen molar-refractivity contribution in [3.05, 3.63) is 17.5 Å². The molecule has 2 atom stereocenters. The molecule has 88 valence electrons. The lowest BCUT2D eigenvalue weighted by molar-refractivity contribution is 0.0659. The van der Waals surface area contributed by atoms with Gasteiger partial charge in [-0.15, -0.1) is 0 Å². The highest BCUT2D eigenvalue weighted by Crippen LogP contribution is 2.18. The molecule has 0 aromatic carbocycles. The van der Waals surface area contributed by atoms with Crippen molar-refractivity contribution in [2.45, 2.75) is 26.3 Å². The lowest BCUT2D eigenvalue weighted by Gasteiger charge is -2.34. The highest BCUT2D eigenvalue weighted by molar-refractivity contribution is 5.94. The first-order valence-corrected chi connectivity index (χ1v) is 5.54. The van der Waals surface area contributed by atoms with Gasteiger partial charge in [0.1, 0.15) is 11.3 Å². The predicted octanol–water partition coefficient (Wildman–Crippen LogP) is 0.792. The number of aryl methyl sites for hydroxylation is 1. The second kappa shape index (κ2) is 4.25. The van der Waals surface area contributed by atoms with E-state index in [0.717, 1.165) is 13.0 Å². The van der Waals surface area contributed by atoms with Crippen LogP contribution in [0.4, 0.5) is 0 Å². The zero-order chi connectivity index (χ0) is 11.7. The zero-order valence-electron chi connectivity index (χ0n) is 9.64. The maximum atomic E-state index is 12.1. The molecule has 1 saturated heterocycles. The Hall–Kier alpha value is -1.36. The number of hydrogen-bond acceptors (Lipinski definition) is 4. The quantitative estimate of drug-likeness (QED) is 0.764. The number of amides is 1. The second-order valence-corrected chi connectivity index (χ2v) is 4.61. The summed E-state index contributed by atoms with van der Waals surface area (Å²) in [6.45, 7) is 5.23. The number of carbonyl (C=O) groups excluding carboxylic acids is 1. The monoisotopic (exact) mass is 223 g/mol. The van der Waals surface area contributed by atoms with Crippen LogP contribution in [-0.4, -0.2) is 35.1 Å². The third kappa shape index (κ3) is 2.09. The van der Waals surface area contributed by atoms with Gasteiger partial charge in [-0.05, 0) is 19.3 Å². The van der Waals surface area contributed by atoms with Gasteiger partial charge in [-0.3, -0.25) is 4.79 Å². The smallest absolute Gasteiger partial charge is 0.259 e. The fourth-order valence-corrected chi connectivity index (χ4v) is 2.24. The molecule has 2 heterocycles. The van der Waals surface area contributed by atoms with Crippen molar-refractivity contribution in [2.24, 2.45) is 11.7 Å². The van der Waals surface area contributed by atoms with Crippen molar-refractivity contribution >= 4 is 5.91 Å². The molecule has 0 saturated carbocycles. The largest absolute Gasteiger partial charge is 0.361 e. The molecule has 16 heavy (non-hydrogen) atoms. The van der Waals surface area contributed by atoms with Crippen LogP contribution in [0.15, 0.2) is 10.7 Å². The fraction of sp³-hybridized carbons (Fsp3) is 0.636. The molecule has 1 aromatic heterocycles. The summed E-state index contributed by atoms with van der Waals surface area (Å²) in [7, 11) is 0. The van der Waals surface area contributed by atoms with Gasteiger partial charge in [-0.2, -0.15) is 0 Å². The zero-order valence-corrected chi connectivity index (χ0v) is 9.64. The van der Waals surface area contributed by atoms with Gasteiger partial charge in [0.25, 0.3) is 5.91 Å². The Kier molecular flexibility index (Phi) is 2.96. The molecule has 2 unspecified atom stereocenters. The van der Waals surface area contributed by atoms with E-state index in [-0.39, 0.29) is 11.9 Å². The molecular formula is C11H17N3O2. The van der Waals surface area contributed by atoms with Crippen molar-refractivity contribution in [1.29, 1.82) is 0 Å². The van der Waals surface area contributed by atoms with Crippen LogP contribution in [0.5, 0.6) is 0 Å². The Labute approximate surface area is 94.6 Å². The van der Waals surface area contributed by atoms with Crippen LogP contribution in [0, 0.1) is 12.8 Å². The van der Waals surface area contributed by atoms with Crippen molar-refractivity contribution in [3.8, 4) is 0 Å². The topological polar surface area (TPSA) is 72.4 Å². The molecule has 1 aliphatic heterocycles. The van der Waals surface area contributed by atoms with E-state index < -0.39 is 0 Å². The van der Waals surface area contributed by atoms with Gasteiger partial charge in [0.05, 0.1) is 6.20 Å². The van der Waals surface area contributed by atoms with E-state index in [1.165, 1.54) is 6.20 Å². The number of nitrogens with zero attached hydrogens (tertiary/aromatic N) is 2. The van der Waals surface area contributed by atoms with Gasteiger partial charge in [0, 0.05) is 19.1 Å². The van der Waals surface area contributed by atoms with E-state index in [1.54, 1.807) is 11.8 Å². The third-order valence-electron chi connectivity index (χ3n) is 2.96. The van der Waals surface area contributed by atoms with Gasteiger partial charge in [0.15, 0.2) is 0 Å². The maximum Gasteiger partial charge on any atom is 0.259 e. The average molecular weight is 223 g/mol. The van der Waals surface area contributed by atoms with Crippen LogP contribution in [0.2, 0.25) is 0 Å². The van der Waals surface area contributed by atoms with Crippen molar-refractivity contribution < 1.29 is 9.32 Å². The molecule has 1 aliphatic rings. The van der Waals surface area contributed by atoms with Crippen LogP contribution in [0.25, 0.3) is 0 Å². The molecule has 1 amide bonds. The number of hydrogen-bond donors (Lipinski definition) is 1. The molecule has 1 aromatic rings. The van der Waals surface area contributed by atoms with E-state index >= 15 is 0 Å². The van der Waals surface area contributed by atoms with E-state index in [0.29, 0.717) is 23.8 Å². The number of likely N-dealkylation sites (tertiary alicyclic amines) is 1. The van der Waals surface area contributed by atoms with Crippen LogP contribution < -0.4 is 5.73 Å². The standard InChI is InChI=1S/C11H17N3O2/c1-7-3-9(12)6-14(5-7)11(15)10-4-13-16-8(10)2/h4,7,9H,3,5-6,12H2,1-2H3. The molecule has 2 N–H and O–H groups in total. The summed E-state index contributed by atoms with van der Waals surface area (Å²) in [6, 6.07) is 0.0767. The molecule has 2 rings (SSSR count). The molecule has 1 fully saturated rings. The average Bonchev–Trinajstić information content (AvgIpc) is 2.62. The normalized spacial score (nSPS) is 25.8. The van der Waals surface area contributed by atoms with Crippen molar-refractivity contribution in [3.63, 3.8) is 0 Å². The summed E-state index contributed by atoms with van der Waals surface area (Å²) < 4.78 is 4.90. The number of rotatable bonds is 1. The SMILES string of the molecule is Cc1oncc1C(=O)N1CC(C)CC(N)C1. The highest BCUT2D eigenvalue weighted by atomic mass is 16.5. The predicted molar refractivity (Wildman–Crippen MR) is 58.9 cm³/mol. The first-order valence-electron chi connectivity index (χ1n) is 5.54. The first-order chi connectivity index (χ1) is 7.58. The Morgan fingerprint density at radius 3 is 2.94 bits per heavy atom. The summed E-state index contributed by atoms with van der Waals surface area (Å²) in [5.74, 6) is 0.991. The Morgan fingerprint density at radius 1 is 1.62 bits per heavy atom. The van der Waals surface area contributed by atoms with Crippen LogP contribution >= 0.6 is 0 Å². The number of piperidine rings is 1. The summed E-state index contributed by atoms with van der Waals surface area (Å²) >= 11 is 0. The molecule has 0 aliphatic carbocycles. The number of aromatic nitrogens is 1. The molecule has 5 nitrogen and oxygen atoms in total. The van der Waals surface area contributed by atoms with Crippen molar-refractivity contribution in [2.75, 3.05) is 13.1 Å². The van der Waals surface area contributed by atoms with Gasteiger partial charge in [-0.25, -0.2) is 0 Å².